The molecule has 0 saturated carbocycles. The maximum absolute atomic E-state index is 7.56. The lowest BCUT2D eigenvalue weighted by Gasteiger charge is -1.69. The average Bonchev–Trinajstić information content (AvgIpc) is 1.66. The third-order valence-electron chi connectivity index (χ3n) is 0.0913. The highest BCUT2D eigenvalue weighted by Crippen LogP contribution is 1.85. The van der Waals surface area contributed by atoms with Crippen molar-refractivity contribution in [2.24, 2.45) is 0 Å². The van der Waals surface area contributed by atoms with Crippen LogP contribution >= 0.6 is 11.8 Å². The summed E-state index contributed by atoms with van der Waals surface area (Å²) in [7, 11) is -2.17. The zero-order valence-corrected chi connectivity index (χ0v) is 5.04. The molecule has 7 heteroatoms. The van der Waals surface area contributed by atoms with E-state index in [9.17, 15) is 0 Å². The molecule has 0 aliphatic heterocycles. The lowest BCUT2D eigenvalue weighted by atomic mass is 10.3. The molecule has 0 bridgehead atoms. The van der Waals surface area contributed by atoms with Gasteiger partial charge >= 0.3 is 7.32 Å². The lowest BCUT2D eigenvalue weighted by Crippen LogP contribution is -2.07. The van der Waals surface area contributed by atoms with Crippen molar-refractivity contribution < 1.29 is 15.1 Å². The highest BCUT2D eigenvalue weighted by Gasteiger charge is 1.92. The van der Waals surface area contributed by atoms with Gasteiger partial charge in [-0.25, -0.2) is 0 Å². The summed E-state index contributed by atoms with van der Waals surface area (Å²) >= 11 is 0.574. The molecule has 0 aliphatic rings. The predicted octanol–water partition coefficient (Wildman–Crippen LogP) is -1.37. The maximum Gasteiger partial charge on any atom is 0.631 e. The van der Waals surface area contributed by atoms with Crippen LogP contribution in [-0.4, -0.2) is 22.4 Å². The van der Waals surface area contributed by atoms with E-state index in [0.717, 1.165) is 0 Å². The Morgan fingerprint density at radius 3 is 1.33 bits per heavy atom. The Bertz CT molecular complexity index is 112. The molecule has 0 saturated heterocycles. The molecule has 0 spiro atoms. The monoisotopic (exact) mass is 146 g/mol. The Kier molecular flexibility index (Phi) is 12.7. The molecule has 0 radical (unpaired) electrons. The van der Waals surface area contributed by atoms with Crippen LogP contribution in [0, 0.1) is 21.3 Å². The Hall–Kier alpha value is -0.725. The second kappa shape index (κ2) is 10.3. The molecule has 0 rings (SSSR count). The van der Waals surface area contributed by atoms with E-state index in [1.54, 1.807) is 10.8 Å². The Labute approximate surface area is 56.3 Å². The van der Waals surface area contributed by atoms with E-state index in [1.807, 2.05) is 0 Å². The van der Waals surface area contributed by atoms with Gasteiger partial charge in [-0.15, -0.1) is 0 Å². The molecule has 0 unspecified atom stereocenters. The smallest absolute Gasteiger partial charge is 0.402 e. The Balaban J connectivity index is 0. The van der Waals surface area contributed by atoms with Crippen LogP contribution in [0.4, 0.5) is 0 Å². The first-order valence-corrected chi connectivity index (χ1v) is 2.45. The lowest BCUT2D eigenvalue weighted by molar-refractivity contribution is 0.278. The second-order valence-electron chi connectivity index (χ2n) is 0.631. The summed E-state index contributed by atoms with van der Waals surface area (Å²) in [5, 5.41) is 39.8. The number of nitrogens with zero attached hydrogens (tertiary/aromatic N) is 2. The molecule has 48 valence electrons. The summed E-state index contributed by atoms with van der Waals surface area (Å²) in [5.74, 6) is 0. The van der Waals surface area contributed by atoms with Crippen molar-refractivity contribution in [2.45, 2.75) is 0 Å². The molecule has 5 nitrogen and oxygen atoms in total. The van der Waals surface area contributed by atoms with Crippen molar-refractivity contribution in [2.75, 3.05) is 0 Å². The Morgan fingerprint density at radius 2 is 1.33 bits per heavy atom. The van der Waals surface area contributed by atoms with E-state index in [-0.39, 0.29) is 0 Å². The summed E-state index contributed by atoms with van der Waals surface area (Å²) < 4.78 is 0. The van der Waals surface area contributed by atoms with Crippen LogP contribution in [-0.2, 0) is 0 Å². The SMILES string of the molecule is N#CSC#N.OB(O)O. The minimum Gasteiger partial charge on any atom is -0.402 e. The first-order chi connectivity index (χ1) is 4.15. The normalized spacial score (nSPS) is 5.44. The summed E-state index contributed by atoms with van der Waals surface area (Å²) in [4.78, 5) is 0. The van der Waals surface area contributed by atoms with Gasteiger partial charge in [0.05, 0.1) is 11.8 Å². The first-order valence-electron chi connectivity index (χ1n) is 1.63. The van der Waals surface area contributed by atoms with Crippen LogP contribution in [0.1, 0.15) is 0 Å². The van der Waals surface area contributed by atoms with Crippen LogP contribution in [0.2, 0.25) is 0 Å². The van der Waals surface area contributed by atoms with Gasteiger partial charge in [0, 0.05) is 0 Å². The van der Waals surface area contributed by atoms with Crippen LogP contribution < -0.4 is 0 Å². The number of thioether (sulfide) groups is 1. The zero-order valence-electron chi connectivity index (χ0n) is 4.22. The summed E-state index contributed by atoms with van der Waals surface area (Å²) in [6.07, 6.45) is 0. The fourth-order valence-corrected chi connectivity index (χ4v) is 0.0612. The molecule has 0 aliphatic carbocycles. The number of hydrogen-bond donors (Lipinski definition) is 3. The van der Waals surface area contributed by atoms with Gasteiger partial charge < -0.3 is 15.1 Å². The van der Waals surface area contributed by atoms with Crippen LogP contribution in [0.5, 0.6) is 0 Å². The number of thiocyanates is 2. The zero-order chi connectivity index (χ0) is 7.70. The summed E-state index contributed by atoms with van der Waals surface area (Å²) in [6, 6.07) is 0. The predicted molar refractivity (Wildman–Crippen MR) is 31.2 cm³/mol. The van der Waals surface area contributed by atoms with E-state index < -0.39 is 7.32 Å². The van der Waals surface area contributed by atoms with E-state index in [1.165, 1.54) is 0 Å². The molecule has 0 heterocycles. The van der Waals surface area contributed by atoms with Gasteiger partial charge in [-0.05, 0) is 0 Å². The standard InChI is InChI=1S/C2N2S.BH3O3/c3-1-5-2-4;2-1(3)4/h;2-4H. The van der Waals surface area contributed by atoms with Gasteiger partial charge in [0.25, 0.3) is 0 Å². The van der Waals surface area contributed by atoms with Gasteiger partial charge in [0.2, 0.25) is 0 Å². The van der Waals surface area contributed by atoms with Gasteiger partial charge in [0.15, 0.2) is 0 Å². The second-order valence-corrected chi connectivity index (χ2v) is 1.20. The van der Waals surface area contributed by atoms with Gasteiger partial charge in [-0.1, -0.05) is 0 Å². The molecular formula is C2H3BN2O3S. The Morgan fingerprint density at radius 1 is 1.11 bits per heavy atom. The van der Waals surface area contributed by atoms with Crippen molar-refractivity contribution in [3.05, 3.63) is 0 Å². The fraction of sp³-hybridized carbons (Fsp3) is 0. The van der Waals surface area contributed by atoms with Gasteiger partial charge in [-0.3, -0.25) is 0 Å². The van der Waals surface area contributed by atoms with Gasteiger partial charge in [-0.2, -0.15) is 10.5 Å². The molecule has 0 atom stereocenters. The van der Waals surface area contributed by atoms with Crippen molar-refractivity contribution in [1.82, 2.24) is 0 Å². The molecule has 0 fully saturated rings. The molecule has 3 N–H and O–H groups in total. The third kappa shape index (κ3) is 125. The minimum atomic E-state index is -2.17. The minimum absolute atomic E-state index is 0.574. The van der Waals surface area contributed by atoms with Crippen LogP contribution in [0.3, 0.4) is 0 Å². The average molecular weight is 146 g/mol. The van der Waals surface area contributed by atoms with Gasteiger partial charge in [0.1, 0.15) is 10.8 Å². The van der Waals surface area contributed by atoms with Crippen molar-refractivity contribution in [1.29, 1.82) is 10.5 Å². The summed E-state index contributed by atoms with van der Waals surface area (Å²) in [5.41, 5.74) is 0. The number of hydrogen-bond acceptors (Lipinski definition) is 6. The van der Waals surface area contributed by atoms with E-state index >= 15 is 0 Å². The number of rotatable bonds is 0. The number of nitriles is 2. The highest BCUT2D eigenvalue weighted by molar-refractivity contribution is 8.07. The third-order valence-corrected chi connectivity index (χ3v) is 0.274. The van der Waals surface area contributed by atoms with Crippen molar-refractivity contribution in [3.63, 3.8) is 0 Å². The van der Waals surface area contributed by atoms with E-state index in [4.69, 9.17) is 25.6 Å². The topological polar surface area (TPSA) is 108 Å². The molecule has 0 aromatic rings. The molecule has 0 amide bonds. The molecular weight excluding hydrogens is 143 g/mol. The van der Waals surface area contributed by atoms with Crippen LogP contribution in [0.15, 0.2) is 0 Å². The van der Waals surface area contributed by atoms with E-state index in [2.05, 4.69) is 0 Å². The van der Waals surface area contributed by atoms with Crippen molar-refractivity contribution in [3.8, 4) is 10.8 Å². The van der Waals surface area contributed by atoms with Crippen LogP contribution in [0.25, 0.3) is 0 Å². The molecule has 0 aromatic heterocycles. The first kappa shape index (κ1) is 11.1. The fourth-order valence-electron chi connectivity index (χ4n) is 0.0204. The largest absolute Gasteiger partial charge is 0.631 e. The van der Waals surface area contributed by atoms with Crippen molar-refractivity contribution >= 4 is 19.1 Å². The molecule has 0 aromatic carbocycles. The van der Waals surface area contributed by atoms with E-state index in [0.29, 0.717) is 11.8 Å². The maximum atomic E-state index is 7.56. The summed E-state index contributed by atoms with van der Waals surface area (Å²) in [6.45, 7) is 0. The molecule has 9 heavy (non-hydrogen) atoms. The quantitative estimate of drug-likeness (QED) is 0.287. The highest BCUT2D eigenvalue weighted by atomic mass is 32.2.